The van der Waals surface area contributed by atoms with Gasteiger partial charge in [-0.25, -0.2) is 13.4 Å². The Morgan fingerprint density at radius 2 is 1.95 bits per heavy atom. The van der Waals surface area contributed by atoms with Crippen molar-refractivity contribution in [3.63, 3.8) is 0 Å². The van der Waals surface area contributed by atoms with Gasteiger partial charge in [-0.3, -0.25) is 4.72 Å². The van der Waals surface area contributed by atoms with Gasteiger partial charge in [0.1, 0.15) is 10.7 Å². The van der Waals surface area contributed by atoms with Crippen LogP contribution in [0.3, 0.4) is 0 Å². The number of aromatic nitrogens is 1. The lowest BCUT2D eigenvalue weighted by Gasteiger charge is -2.10. The summed E-state index contributed by atoms with van der Waals surface area (Å²) in [4.78, 5) is 4.11. The Labute approximate surface area is 133 Å². The second-order valence-corrected chi connectivity index (χ2v) is 7.36. The molecule has 1 aromatic carbocycles. The van der Waals surface area contributed by atoms with Gasteiger partial charge in [-0.05, 0) is 61.7 Å². The minimum Gasteiger partial charge on any atom is -0.326 e. The molecular weight excluding hydrogens is 410 g/mol. The number of sulfonamides is 1. The minimum absolute atomic E-state index is 0.130. The Hall–Kier alpha value is -0.960. The maximum atomic E-state index is 12.3. The third-order valence-electron chi connectivity index (χ3n) is 2.49. The van der Waals surface area contributed by atoms with Gasteiger partial charge in [0.15, 0.2) is 0 Å². The Morgan fingerprint density at radius 3 is 2.55 bits per heavy atom. The van der Waals surface area contributed by atoms with Crippen LogP contribution in [0, 0.1) is 0 Å². The van der Waals surface area contributed by atoms with Crippen molar-refractivity contribution in [2.75, 3.05) is 4.72 Å². The highest BCUT2D eigenvalue weighted by molar-refractivity contribution is 9.10. The molecule has 8 heteroatoms. The van der Waals surface area contributed by atoms with E-state index >= 15 is 0 Å². The number of hydrogen-bond acceptors (Lipinski definition) is 4. The van der Waals surface area contributed by atoms with Crippen molar-refractivity contribution in [1.82, 2.24) is 4.98 Å². The summed E-state index contributed by atoms with van der Waals surface area (Å²) in [6, 6.07) is 8.23. The first kappa shape index (κ1) is 15.4. The lowest BCUT2D eigenvalue weighted by Crippen LogP contribution is -2.15. The van der Waals surface area contributed by atoms with Crippen LogP contribution in [0.5, 0.6) is 0 Å². The second kappa shape index (κ2) is 6.21. The van der Waals surface area contributed by atoms with Gasteiger partial charge >= 0.3 is 0 Å². The van der Waals surface area contributed by atoms with Crippen molar-refractivity contribution in [1.29, 1.82) is 0 Å². The van der Waals surface area contributed by atoms with E-state index in [-0.39, 0.29) is 17.3 Å². The summed E-state index contributed by atoms with van der Waals surface area (Å²) in [5.41, 5.74) is 6.27. The predicted molar refractivity (Wildman–Crippen MR) is 84.8 cm³/mol. The standard InChI is InChI=1S/C12H11Br2N3O2S/c13-9-2-4-12(16-7-9)17-20(18,19)11-5-8(6-15)1-3-10(11)14/h1-5,7H,6,15H2,(H,16,17). The molecule has 0 amide bonds. The smallest absolute Gasteiger partial charge is 0.264 e. The van der Waals surface area contributed by atoms with Crippen LogP contribution in [0.2, 0.25) is 0 Å². The first-order valence-corrected chi connectivity index (χ1v) is 8.62. The van der Waals surface area contributed by atoms with Crippen LogP contribution in [0.1, 0.15) is 5.56 Å². The van der Waals surface area contributed by atoms with E-state index in [0.717, 1.165) is 10.0 Å². The van der Waals surface area contributed by atoms with Crippen LogP contribution < -0.4 is 10.5 Å². The fourth-order valence-corrected chi connectivity index (χ4v) is 3.77. The Bertz CT molecular complexity index is 718. The molecule has 3 N–H and O–H groups in total. The summed E-state index contributed by atoms with van der Waals surface area (Å²) in [6.07, 6.45) is 1.52. The van der Waals surface area contributed by atoms with Crippen molar-refractivity contribution in [2.24, 2.45) is 5.73 Å². The molecule has 5 nitrogen and oxygen atoms in total. The van der Waals surface area contributed by atoms with Crippen LogP contribution in [-0.4, -0.2) is 13.4 Å². The highest BCUT2D eigenvalue weighted by Crippen LogP contribution is 2.25. The fourth-order valence-electron chi connectivity index (χ4n) is 1.51. The van der Waals surface area contributed by atoms with E-state index in [1.807, 2.05) is 0 Å². The van der Waals surface area contributed by atoms with E-state index in [4.69, 9.17) is 5.73 Å². The summed E-state index contributed by atoms with van der Waals surface area (Å²) < 4.78 is 28.3. The average molecular weight is 421 g/mol. The van der Waals surface area contributed by atoms with Crippen LogP contribution in [-0.2, 0) is 16.6 Å². The first-order valence-electron chi connectivity index (χ1n) is 5.55. The van der Waals surface area contributed by atoms with Crippen molar-refractivity contribution in [2.45, 2.75) is 11.4 Å². The van der Waals surface area contributed by atoms with Crippen LogP contribution in [0.4, 0.5) is 5.82 Å². The number of anilines is 1. The molecule has 1 heterocycles. The molecular formula is C12H11Br2N3O2S. The zero-order chi connectivity index (χ0) is 14.8. The Morgan fingerprint density at radius 1 is 1.20 bits per heavy atom. The van der Waals surface area contributed by atoms with Gasteiger partial charge in [0.25, 0.3) is 10.0 Å². The van der Waals surface area contributed by atoms with Crippen molar-refractivity contribution in [3.8, 4) is 0 Å². The first-order chi connectivity index (χ1) is 9.42. The number of halogens is 2. The molecule has 0 atom stereocenters. The normalized spacial score (nSPS) is 11.3. The molecule has 20 heavy (non-hydrogen) atoms. The predicted octanol–water partition coefficient (Wildman–Crippen LogP) is 2.87. The minimum atomic E-state index is -3.72. The molecule has 0 spiro atoms. The van der Waals surface area contributed by atoms with Crippen LogP contribution >= 0.6 is 31.9 Å². The van der Waals surface area contributed by atoms with Gasteiger partial charge < -0.3 is 5.73 Å². The summed E-state index contributed by atoms with van der Waals surface area (Å²) in [7, 11) is -3.72. The molecule has 0 aliphatic carbocycles. The van der Waals surface area contributed by atoms with Gasteiger partial charge in [-0.1, -0.05) is 6.07 Å². The van der Waals surface area contributed by atoms with Crippen molar-refractivity contribution in [3.05, 3.63) is 51.0 Å². The van der Waals surface area contributed by atoms with Gasteiger partial charge in [0.05, 0.1) is 0 Å². The lowest BCUT2D eigenvalue weighted by molar-refractivity contribution is 0.600. The average Bonchev–Trinajstić information content (AvgIpc) is 2.41. The topological polar surface area (TPSA) is 85.1 Å². The number of pyridine rings is 1. The summed E-state index contributed by atoms with van der Waals surface area (Å²) >= 11 is 6.47. The molecule has 0 aliphatic heterocycles. The fraction of sp³-hybridized carbons (Fsp3) is 0.0833. The molecule has 0 fully saturated rings. The van der Waals surface area contributed by atoms with Gasteiger partial charge in [-0.15, -0.1) is 0 Å². The number of benzene rings is 1. The number of nitrogens with two attached hydrogens (primary N) is 1. The molecule has 2 rings (SSSR count). The van der Waals surface area contributed by atoms with E-state index in [0.29, 0.717) is 4.47 Å². The number of nitrogens with one attached hydrogen (secondary N) is 1. The molecule has 0 saturated carbocycles. The van der Waals surface area contributed by atoms with Gasteiger partial charge in [-0.2, -0.15) is 0 Å². The van der Waals surface area contributed by atoms with Crippen molar-refractivity contribution >= 4 is 47.7 Å². The van der Waals surface area contributed by atoms with E-state index in [9.17, 15) is 8.42 Å². The Kier molecular flexibility index (Phi) is 4.79. The molecule has 2 aromatic rings. The molecule has 0 radical (unpaired) electrons. The van der Waals surface area contributed by atoms with Crippen LogP contribution in [0.15, 0.2) is 50.4 Å². The van der Waals surface area contributed by atoms with E-state index in [2.05, 4.69) is 41.6 Å². The summed E-state index contributed by atoms with van der Waals surface area (Å²) in [5, 5.41) is 0. The van der Waals surface area contributed by atoms with Crippen LogP contribution in [0.25, 0.3) is 0 Å². The molecule has 106 valence electrons. The zero-order valence-electron chi connectivity index (χ0n) is 10.2. The number of hydrogen-bond donors (Lipinski definition) is 2. The number of rotatable bonds is 4. The third kappa shape index (κ3) is 3.57. The molecule has 0 aliphatic rings. The molecule has 1 aromatic heterocycles. The van der Waals surface area contributed by atoms with E-state index < -0.39 is 10.0 Å². The Balaban J connectivity index is 2.37. The van der Waals surface area contributed by atoms with Gasteiger partial charge in [0, 0.05) is 21.7 Å². The third-order valence-corrected chi connectivity index (χ3v) is 5.30. The maximum absolute atomic E-state index is 12.3. The lowest BCUT2D eigenvalue weighted by atomic mass is 10.2. The zero-order valence-corrected chi connectivity index (χ0v) is 14.2. The second-order valence-electron chi connectivity index (χ2n) is 3.94. The quantitative estimate of drug-likeness (QED) is 0.796. The molecule has 0 bridgehead atoms. The SMILES string of the molecule is NCc1ccc(Br)c(S(=O)(=O)Nc2ccc(Br)cn2)c1. The van der Waals surface area contributed by atoms with Gasteiger partial charge in [0.2, 0.25) is 0 Å². The molecule has 0 unspecified atom stereocenters. The maximum Gasteiger partial charge on any atom is 0.264 e. The molecule has 0 saturated heterocycles. The van der Waals surface area contributed by atoms with Crippen molar-refractivity contribution < 1.29 is 8.42 Å². The summed E-state index contributed by atoms with van der Waals surface area (Å²) in [6.45, 7) is 0.270. The van der Waals surface area contributed by atoms with E-state index in [1.165, 1.54) is 12.3 Å². The highest BCUT2D eigenvalue weighted by atomic mass is 79.9. The van der Waals surface area contributed by atoms with E-state index in [1.54, 1.807) is 24.3 Å². The summed E-state index contributed by atoms with van der Waals surface area (Å²) in [5.74, 6) is 0.248. The largest absolute Gasteiger partial charge is 0.326 e. The highest BCUT2D eigenvalue weighted by Gasteiger charge is 2.18. The number of nitrogens with zero attached hydrogens (tertiary/aromatic N) is 1. The monoisotopic (exact) mass is 419 g/mol.